The predicted octanol–water partition coefficient (Wildman–Crippen LogP) is 4.81. The summed E-state index contributed by atoms with van der Waals surface area (Å²) in [4.78, 5) is 14.1. The first-order valence-corrected chi connectivity index (χ1v) is 8.11. The second-order valence-electron chi connectivity index (χ2n) is 7.45. The Morgan fingerprint density at radius 3 is 2.38 bits per heavy atom. The van der Waals surface area contributed by atoms with E-state index in [4.69, 9.17) is 4.74 Å². The number of amides is 1. The smallest absolute Gasteiger partial charge is 0.410 e. The molecule has 0 radical (unpaired) electrons. The van der Waals surface area contributed by atoms with E-state index in [1.54, 1.807) is 0 Å². The van der Waals surface area contributed by atoms with E-state index >= 15 is 0 Å². The van der Waals surface area contributed by atoms with E-state index in [0.717, 1.165) is 11.0 Å². The van der Waals surface area contributed by atoms with Crippen molar-refractivity contribution < 1.29 is 9.53 Å². The van der Waals surface area contributed by atoms with Gasteiger partial charge >= 0.3 is 6.09 Å². The summed E-state index contributed by atoms with van der Waals surface area (Å²) in [5, 5.41) is 0. The largest absolute Gasteiger partial charge is 0.444 e. The third kappa shape index (κ3) is 4.00. The Morgan fingerprint density at radius 1 is 1.29 bits per heavy atom. The van der Waals surface area contributed by atoms with E-state index in [0.29, 0.717) is 12.5 Å². The number of halogens is 1. The second kappa shape index (κ2) is 5.64. The molecule has 0 saturated carbocycles. The van der Waals surface area contributed by atoms with Gasteiger partial charge in [0.25, 0.3) is 0 Å². The number of hydrogen-bond donors (Lipinski definition) is 0. The van der Waals surface area contributed by atoms with Gasteiger partial charge in [-0.3, -0.25) is 0 Å². The second-order valence-corrected chi connectivity index (χ2v) is 8.37. The molecule has 116 valence electrons. The molecule has 1 amide bonds. The monoisotopic (exact) mass is 353 g/mol. The van der Waals surface area contributed by atoms with Crippen LogP contribution in [0.5, 0.6) is 0 Å². The quantitative estimate of drug-likeness (QED) is 0.724. The highest BCUT2D eigenvalue weighted by atomic mass is 79.9. The molecular formula is C17H24BrNO2. The van der Waals surface area contributed by atoms with Crippen LogP contribution < -0.4 is 0 Å². The third-order valence-corrected chi connectivity index (χ3v) is 4.40. The molecule has 1 aromatic carbocycles. The van der Waals surface area contributed by atoms with Crippen LogP contribution in [-0.2, 0) is 4.74 Å². The SMILES string of the molecule is CC(C)(C)OC(=O)N1CC(c2ccc(Br)cc2)C(C)(C)C1. The maximum atomic E-state index is 12.3. The lowest BCUT2D eigenvalue weighted by Gasteiger charge is -2.26. The number of hydrogen-bond acceptors (Lipinski definition) is 2. The van der Waals surface area contributed by atoms with Gasteiger partial charge in [0.1, 0.15) is 5.60 Å². The van der Waals surface area contributed by atoms with E-state index in [1.807, 2.05) is 25.7 Å². The van der Waals surface area contributed by atoms with Gasteiger partial charge in [-0.15, -0.1) is 0 Å². The molecule has 21 heavy (non-hydrogen) atoms. The lowest BCUT2D eigenvalue weighted by atomic mass is 9.78. The van der Waals surface area contributed by atoms with E-state index < -0.39 is 5.60 Å². The first-order valence-electron chi connectivity index (χ1n) is 7.32. The van der Waals surface area contributed by atoms with Crippen LogP contribution in [0.2, 0.25) is 0 Å². The Morgan fingerprint density at radius 2 is 1.86 bits per heavy atom. The highest BCUT2D eigenvalue weighted by Crippen LogP contribution is 2.42. The first-order chi connectivity index (χ1) is 9.58. The standard InChI is InChI=1S/C17H24BrNO2/c1-16(2,3)21-15(20)19-10-14(17(4,5)11-19)12-6-8-13(18)9-7-12/h6-9,14H,10-11H2,1-5H3. The van der Waals surface area contributed by atoms with E-state index in [9.17, 15) is 4.79 Å². The third-order valence-electron chi connectivity index (χ3n) is 3.87. The van der Waals surface area contributed by atoms with Crippen molar-refractivity contribution in [2.24, 2.45) is 5.41 Å². The number of ether oxygens (including phenoxy) is 1. The zero-order valence-corrected chi connectivity index (χ0v) is 15.0. The summed E-state index contributed by atoms with van der Waals surface area (Å²) in [5.74, 6) is 0.332. The predicted molar refractivity (Wildman–Crippen MR) is 88.5 cm³/mol. The molecular weight excluding hydrogens is 330 g/mol. The fraction of sp³-hybridized carbons (Fsp3) is 0.588. The molecule has 0 aromatic heterocycles. The van der Waals surface area contributed by atoms with Crippen LogP contribution in [0.15, 0.2) is 28.7 Å². The van der Waals surface area contributed by atoms with Crippen LogP contribution in [-0.4, -0.2) is 29.7 Å². The maximum absolute atomic E-state index is 12.3. The van der Waals surface area contributed by atoms with Crippen molar-refractivity contribution in [3.63, 3.8) is 0 Å². The van der Waals surface area contributed by atoms with Gasteiger partial charge in [-0.1, -0.05) is 41.9 Å². The number of nitrogens with zero attached hydrogens (tertiary/aromatic N) is 1. The highest BCUT2D eigenvalue weighted by Gasteiger charge is 2.43. The van der Waals surface area contributed by atoms with Gasteiger partial charge in [-0.25, -0.2) is 4.79 Å². The van der Waals surface area contributed by atoms with Crippen molar-refractivity contribution in [1.29, 1.82) is 0 Å². The van der Waals surface area contributed by atoms with E-state index in [1.165, 1.54) is 5.56 Å². The molecule has 2 rings (SSSR count). The van der Waals surface area contributed by atoms with Crippen LogP contribution in [0.1, 0.15) is 46.1 Å². The summed E-state index contributed by atoms with van der Waals surface area (Å²) in [6, 6.07) is 8.38. The topological polar surface area (TPSA) is 29.5 Å². The van der Waals surface area contributed by atoms with Crippen LogP contribution in [0.4, 0.5) is 4.79 Å². The number of carbonyl (C=O) groups excluding carboxylic acids is 1. The zero-order valence-electron chi connectivity index (χ0n) is 13.4. The average molecular weight is 354 g/mol. The first kappa shape index (κ1) is 16.3. The fourth-order valence-corrected chi connectivity index (χ4v) is 3.12. The summed E-state index contributed by atoms with van der Waals surface area (Å²) in [6.45, 7) is 11.6. The van der Waals surface area contributed by atoms with Crippen molar-refractivity contribution in [3.05, 3.63) is 34.3 Å². The van der Waals surface area contributed by atoms with Gasteiger partial charge in [0.2, 0.25) is 0 Å². The summed E-state index contributed by atoms with van der Waals surface area (Å²) in [6.07, 6.45) is -0.213. The van der Waals surface area contributed by atoms with Gasteiger partial charge < -0.3 is 9.64 Å². The lowest BCUT2D eigenvalue weighted by molar-refractivity contribution is 0.0278. The van der Waals surface area contributed by atoms with Gasteiger partial charge in [0, 0.05) is 23.5 Å². The summed E-state index contributed by atoms with van der Waals surface area (Å²) in [5.41, 5.74) is 0.871. The van der Waals surface area contributed by atoms with E-state index in [-0.39, 0.29) is 11.5 Å². The van der Waals surface area contributed by atoms with E-state index in [2.05, 4.69) is 54.0 Å². The summed E-state index contributed by atoms with van der Waals surface area (Å²) < 4.78 is 6.57. The molecule has 1 heterocycles. The normalized spacial score (nSPS) is 21.4. The molecule has 1 aliphatic rings. The van der Waals surface area contributed by atoms with Crippen LogP contribution in [0.25, 0.3) is 0 Å². The molecule has 4 heteroatoms. The summed E-state index contributed by atoms with van der Waals surface area (Å²) in [7, 11) is 0. The highest BCUT2D eigenvalue weighted by molar-refractivity contribution is 9.10. The molecule has 1 atom stereocenters. The number of rotatable bonds is 1. The Balaban J connectivity index is 2.15. The Labute approximate surface area is 135 Å². The van der Waals surface area contributed by atoms with Gasteiger partial charge in [-0.05, 0) is 43.9 Å². The number of benzene rings is 1. The minimum atomic E-state index is -0.447. The maximum Gasteiger partial charge on any atom is 0.410 e. The van der Waals surface area contributed by atoms with Crippen molar-refractivity contribution >= 4 is 22.0 Å². The molecule has 3 nitrogen and oxygen atoms in total. The van der Waals surface area contributed by atoms with Gasteiger partial charge in [0.05, 0.1) is 0 Å². The Hall–Kier alpha value is -1.03. The molecule has 1 saturated heterocycles. The van der Waals surface area contributed by atoms with Crippen molar-refractivity contribution in [1.82, 2.24) is 4.90 Å². The van der Waals surface area contributed by atoms with Crippen molar-refractivity contribution in [3.8, 4) is 0 Å². The fourth-order valence-electron chi connectivity index (χ4n) is 2.85. The van der Waals surface area contributed by atoms with Gasteiger partial charge in [-0.2, -0.15) is 0 Å². The van der Waals surface area contributed by atoms with Crippen molar-refractivity contribution in [2.75, 3.05) is 13.1 Å². The summed E-state index contributed by atoms with van der Waals surface area (Å²) >= 11 is 3.47. The molecule has 1 aliphatic heterocycles. The Bertz CT molecular complexity index is 517. The van der Waals surface area contributed by atoms with Crippen LogP contribution >= 0.6 is 15.9 Å². The zero-order chi connectivity index (χ0) is 15.8. The molecule has 0 spiro atoms. The molecule has 0 N–H and O–H groups in total. The molecule has 0 aliphatic carbocycles. The minimum absolute atomic E-state index is 0.0464. The lowest BCUT2D eigenvalue weighted by Crippen LogP contribution is -2.36. The molecule has 1 fully saturated rings. The average Bonchev–Trinajstić information content (AvgIpc) is 2.64. The number of likely N-dealkylation sites (tertiary alicyclic amines) is 1. The van der Waals surface area contributed by atoms with Gasteiger partial charge in [0.15, 0.2) is 0 Å². The molecule has 1 unspecified atom stereocenters. The van der Waals surface area contributed by atoms with Crippen LogP contribution in [0, 0.1) is 5.41 Å². The van der Waals surface area contributed by atoms with Crippen molar-refractivity contribution in [2.45, 2.75) is 46.1 Å². The van der Waals surface area contributed by atoms with Crippen LogP contribution in [0.3, 0.4) is 0 Å². The number of carbonyl (C=O) groups is 1. The molecule has 1 aromatic rings. The Kier molecular flexibility index (Phi) is 4.39. The molecule has 0 bridgehead atoms. The minimum Gasteiger partial charge on any atom is -0.444 e.